The van der Waals surface area contributed by atoms with Crippen molar-refractivity contribution < 1.29 is 12.8 Å². The van der Waals surface area contributed by atoms with Crippen molar-refractivity contribution in [3.05, 3.63) is 40.7 Å². The molecule has 0 saturated heterocycles. The zero-order valence-electron chi connectivity index (χ0n) is 12.4. The van der Waals surface area contributed by atoms with Crippen LogP contribution in [0.4, 0.5) is 0 Å². The molecule has 21 heavy (non-hydrogen) atoms. The summed E-state index contributed by atoms with van der Waals surface area (Å²) in [6.45, 7) is 2.91. The van der Waals surface area contributed by atoms with Gasteiger partial charge in [-0.15, -0.1) is 11.3 Å². The lowest BCUT2D eigenvalue weighted by Gasteiger charge is -2.14. The average Bonchev–Trinajstić information content (AvgIpc) is 3.06. The van der Waals surface area contributed by atoms with Crippen molar-refractivity contribution in [1.29, 1.82) is 0 Å². The maximum Gasteiger partial charge on any atom is 0.252 e. The molecule has 0 spiro atoms. The number of thiophene rings is 1. The molecule has 0 aliphatic carbocycles. The molecule has 0 fully saturated rings. The van der Waals surface area contributed by atoms with Gasteiger partial charge in [-0.05, 0) is 51.2 Å². The fourth-order valence-electron chi connectivity index (χ4n) is 1.91. The first-order valence-electron chi connectivity index (χ1n) is 6.68. The topological polar surface area (TPSA) is 62.6 Å². The number of likely N-dealkylation sites (N-methyl/N-ethyl adjacent to an activating group) is 1. The summed E-state index contributed by atoms with van der Waals surface area (Å²) < 4.78 is 32.1. The Balaban J connectivity index is 2.11. The van der Waals surface area contributed by atoms with Crippen LogP contribution >= 0.6 is 11.3 Å². The largest absolute Gasteiger partial charge is 0.465 e. The molecule has 2 rings (SSSR count). The highest BCUT2D eigenvalue weighted by molar-refractivity contribution is 7.91. The Hall–Kier alpha value is -1.15. The Morgan fingerprint density at radius 1 is 1.29 bits per heavy atom. The van der Waals surface area contributed by atoms with Gasteiger partial charge in [0.25, 0.3) is 10.0 Å². The number of furan rings is 1. The van der Waals surface area contributed by atoms with Gasteiger partial charge in [-0.25, -0.2) is 8.42 Å². The lowest BCUT2D eigenvalue weighted by molar-refractivity contribution is 0.398. The number of rotatable bonds is 7. The number of nitrogens with zero attached hydrogens (tertiary/aromatic N) is 1. The van der Waals surface area contributed by atoms with Gasteiger partial charge in [0.1, 0.15) is 15.7 Å². The second-order valence-electron chi connectivity index (χ2n) is 4.85. The summed E-state index contributed by atoms with van der Waals surface area (Å²) in [7, 11) is -0.0117. The highest BCUT2D eigenvalue weighted by Gasteiger charge is 2.23. The highest BCUT2D eigenvalue weighted by atomic mass is 32.2. The first-order chi connectivity index (χ1) is 9.93. The molecule has 0 amide bonds. The summed E-state index contributed by atoms with van der Waals surface area (Å²) in [5, 5.41) is 3.06. The lowest BCUT2D eigenvalue weighted by Crippen LogP contribution is -2.25. The van der Waals surface area contributed by atoms with Gasteiger partial charge in [0, 0.05) is 11.9 Å². The third-order valence-electron chi connectivity index (χ3n) is 3.10. The Kier molecular flexibility index (Phi) is 5.21. The van der Waals surface area contributed by atoms with Crippen LogP contribution in [0.15, 0.2) is 32.9 Å². The first kappa shape index (κ1) is 16.2. The van der Waals surface area contributed by atoms with Crippen LogP contribution in [-0.4, -0.2) is 33.4 Å². The summed E-state index contributed by atoms with van der Waals surface area (Å²) >= 11 is 1.32. The van der Waals surface area contributed by atoms with E-state index in [1.807, 2.05) is 26.1 Å². The van der Waals surface area contributed by atoms with E-state index in [-0.39, 0.29) is 6.54 Å². The number of hydrogen-bond acceptors (Lipinski definition) is 5. The SMILES string of the molecule is CNCCc1ccc(S(=O)(=O)N(C)Cc2ccc(C)o2)s1. The van der Waals surface area contributed by atoms with E-state index in [4.69, 9.17) is 4.42 Å². The summed E-state index contributed by atoms with van der Waals surface area (Å²) in [5.74, 6) is 1.42. The van der Waals surface area contributed by atoms with Gasteiger partial charge in [-0.2, -0.15) is 4.31 Å². The third kappa shape index (κ3) is 3.94. The number of aryl methyl sites for hydroxylation is 1. The van der Waals surface area contributed by atoms with E-state index in [1.165, 1.54) is 15.6 Å². The first-order valence-corrected chi connectivity index (χ1v) is 8.94. The molecule has 2 heterocycles. The molecule has 0 aliphatic rings. The molecule has 2 aromatic heterocycles. The Labute approximate surface area is 129 Å². The molecule has 0 bridgehead atoms. The predicted molar refractivity (Wildman–Crippen MR) is 84.0 cm³/mol. The normalized spacial score (nSPS) is 12.2. The monoisotopic (exact) mass is 328 g/mol. The van der Waals surface area contributed by atoms with Gasteiger partial charge in [-0.1, -0.05) is 0 Å². The smallest absolute Gasteiger partial charge is 0.252 e. The molecule has 0 unspecified atom stereocenters. The molecule has 1 N–H and O–H groups in total. The molecular formula is C14H20N2O3S2. The fraction of sp³-hybridized carbons (Fsp3) is 0.429. The minimum absolute atomic E-state index is 0.236. The van der Waals surface area contributed by atoms with Crippen LogP contribution in [0.1, 0.15) is 16.4 Å². The van der Waals surface area contributed by atoms with E-state index in [2.05, 4.69) is 5.32 Å². The van der Waals surface area contributed by atoms with Crippen molar-refractivity contribution in [3.8, 4) is 0 Å². The van der Waals surface area contributed by atoms with Crippen molar-refractivity contribution in [2.45, 2.75) is 24.1 Å². The molecule has 0 saturated carbocycles. The van der Waals surface area contributed by atoms with E-state index < -0.39 is 10.0 Å². The maximum absolute atomic E-state index is 12.5. The van der Waals surface area contributed by atoms with E-state index in [0.29, 0.717) is 9.97 Å². The molecule has 2 aromatic rings. The second-order valence-corrected chi connectivity index (χ2v) is 8.29. The van der Waals surface area contributed by atoms with Gasteiger partial charge < -0.3 is 9.73 Å². The van der Waals surface area contributed by atoms with E-state index in [1.54, 1.807) is 19.2 Å². The predicted octanol–water partition coefficient (Wildman–Crippen LogP) is 2.23. The molecular weight excluding hydrogens is 308 g/mol. The molecule has 0 atom stereocenters. The summed E-state index contributed by atoms with van der Waals surface area (Å²) in [6, 6.07) is 7.18. The highest BCUT2D eigenvalue weighted by Crippen LogP contribution is 2.25. The fourth-order valence-corrected chi connectivity index (χ4v) is 4.61. The third-order valence-corrected chi connectivity index (χ3v) is 6.51. The average molecular weight is 328 g/mol. The van der Waals surface area contributed by atoms with Crippen LogP contribution in [0.3, 0.4) is 0 Å². The summed E-state index contributed by atoms with van der Waals surface area (Å²) in [6.07, 6.45) is 0.831. The summed E-state index contributed by atoms with van der Waals surface area (Å²) in [5.41, 5.74) is 0. The van der Waals surface area contributed by atoms with Crippen LogP contribution < -0.4 is 5.32 Å². The van der Waals surface area contributed by atoms with Crippen molar-refractivity contribution in [2.75, 3.05) is 20.6 Å². The maximum atomic E-state index is 12.5. The van der Waals surface area contributed by atoms with E-state index >= 15 is 0 Å². The minimum atomic E-state index is -3.46. The van der Waals surface area contributed by atoms with Gasteiger partial charge in [0.15, 0.2) is 0 Å². The second kappa shape index (κ2) is 6.74. The van der Waals surface area contributed by atoms with Gasteiger partial charge in [0.05, 0.1) is 6.54 Å². The molecule has 0 radical (unpaired) electrons. The van der Waals surface area contributed by atoms with E-state index in [9.17, 15) is 8.42 Å². The number of sulfonamides is 1. The van der Waals surface area contributed by atoms with Crippen LogP contribution in [0.25, 0.3) is 0 Å². The van der Waals surface area contributed by atoms with E-state index in [0.717, 1.165) is 23.6 Å². The lowest BCUT2D eigenvalue weighted by atomic mass is 10.3. The zero-order chi connectivity index (χ0) is 15.5. The molecule has 116 valence electrons. The van der Waals surface area contributed by atoms with Gasteiger partial charge in [-0.3, -0.25) is 0 Å². The standard InChI is InChI=1S/C14H20N2O3S2/c1-11-4-5-12(19-11)10-16(3)21(17,18)14-7-6-13(20-14)8-9-15-2/h4-7,15H,8-10H2,1-3H3. The molecule has 5 nitrogen and oxygen atoms in total. The van der Waals surface area contributed by atoms with Crippen LogP contribution in [-0.2, 0) is 23.0 Å². The molecule has 0 aromatic carbocycles. The van der Waals surface area contributed by atoms with Crippen molar-refractivity contribution in [2.24, 2.45) is 0 Å². The zero-order valence-corrected chi connectivity index (χ0v) is 14.1. The van der Waals surface area contributed by atoms with Crippen molar-refractivity contribution in [1.82, 2.24) is 9.62 Å². The van der Waals surface area contributed by atoms with Gasteiger partial charge >= 0.3 is 0 Å². The summed E-state index contributed by atoms with van der Waals surface area (Å²) in [4.78, 5) is 1.06. The minimum Gasteiger partial charge on any atom is -0.465 e. The van der Waals surface area contributed by atoms with Gasteiger partial charge in [0.2, 0.25) is 0 Å². The molecule has 0 aliphatic heterocycles. The van der Waals surface area contributed by atoms with Crippen LogP contribution in [0, 0.1) is 6.92 Å². The Morgan fingerprint density at radius 3 is 2.67 bits per heavy atom. The quantitative estimate of drug-likeness (QED) is 0.846. The Morgan fingerprint density at radius 2 is 2.05 bits per heavy atom. The number of nitrogens with one attached hydrogen (secondary N) is 1. The van der Waals surface area contributed by atoms with Crippen molar-refractivity contribution >= 4 is 21.4 Å². The number of hydrogen-bond donors (Lipinski definition) is 1. The molecule has 7 heteroatoms. The van der Waals surface area contributed by atoms with Crippen LogP contribution in [0.5, 0.6) is 0 Å². The van der Waals surface area contributed by atoms with Crippen molar-refractivity contribution in [3.63, 3.8) is 0 Å². The van der Waals surface area contributed by atoms with Crippen LogP contribution in [0.2, 0.25) is 0 Å². The Bertz CT molecular complexity index is 689.